The summed E-state index contributed by atoms with van der Waals surface area (Å²) in [5.74, 6) is 5.95. The van der Waals surface area contributed by atoms with Crippen molar-refractivity contribution in [3.05, 3.63) is 60.3 Å². The van der Waals surface area contributed by atoms with E-state index in [1.54, 1.807) is 6.20 Å². The molecule has 24 heavy (non-hydrogen) atoms. The Kier molecular flexibility index (Phi) is 4.77. The smallest absolute Gasteiger partial charge is 0.152 e. The first-order valence-electron chi connectivity index (χ1n) is 8.11. The Labute approximate surface area is 142 Å². The van der Waals surface area contributed by atoms with E-state index in [-0.39, 0.29) is 11.7 Å². The van der Waals surface area contributed by atoms with Crippen LogP contribution in [0.1, 0.15) is 31.7 Å². The first-order valence-corrected chi connectivity index (χ1v) is 8.11. The van der Waals surface area contributed by atoms with Gasteiger partial charge >= 0.3 is 0 Å². The molecule has 1 N–H and O–H groups in total. The van der Waals surface area contributed by atoms with Gasteiger partial charge in [0.2, 0.25) is 0 Å². The summed E-state index contributed by atoms with van der Waals surface area (Å²) < 4.78 is 0. The Morgan fingerprint density at radius 2 is 2.29 bits per heavy atom. The number of hydrogen-bond acceptors (Lipinski definition) is 2. The number of Topliss-reactive ketones (excluding diaryl/α,β-unsaturated/α-hetero) is 1. The van der Waals surface area contributed by atoms with Crippen LogP contribution in [0.3, 0.4) is 0 Å². The van der Waals surface area contributed by atoms with Crippen LogP contribution in [0.15, 0.2) is 54.8 Å². The molecule has 3 rings (SSSR count). The molecule has 1 aromatic carbocycles. The molecule has 0 fully saturated rings. The van der Waals surface area contributed by atoms with E-state index in [2.05, 4.69) is 40.8 Å². The molecule has 1 aromatic heterocycles. The van der Waals surface area contributed by atoms with Crippen molar-refractivity contribution in [3.8, 4) is 11.8 Å². The lowest BCUT2D eigenvalue weighted by atomic mass is 9.94. The fourth-order valence-corrected chi connectivity index (χ4v) is 2.67. The van der Waals surface area contributed by atoms with Gasteiger partial charge in [-0.15, -0.1) is 0 Å². The van der Waals surface area contributed by atoms with Crippen LogP contribution in [0.4, 0.5) is 0 Å². The summed E-state index contributed by atoms with van der Waals surface area (Å²) >= 11 is 0. The minimum Gasteiger partial charge on any atom is -0.298 e. The number of aromatic amines is 1. The highest BCUT2D eigenvalue weighted by atomic mass is 16.1. The van der Waals surface area contributed by atoms with Gasteiger partial charge in [-0.05, 0) is 36.6 Å². The Balaban J connectivity index is 1.63. The van der Waals surface area contributed by atoms with Crippen molar-refractivity contribution < 1.29 is 4.79 Å². The minimum absolute atomic E-state index is 0.152. The molecule has 1 heterocycles. The lowest BCUT2D eigenvalue weighted by Crippen LogP contribution is -2.10. The third-order valence-corrected chi connectivity index (χ3v) is 4.20. The molecule has 120 valence electrons. The second-order valence-corrected chi connectivity index (χ2v) is 6.05. The lowest BCUT2D eigenvalue weighted by Gasteiger charge is -2.09. The topological polar surface area (TPSA) is 45.8 Å². The van der Waals surface area contributed by atoms with Crippen LogP contribution in [0.5, 0.6) is 0 Å². The average molecular weight is 316 g/mol. The van der Waals surface area contributed by atoms with Crippen molar-refractivity contribution in [3.63, 3.8) is 0 Å². The molecule has 0 saturated carbocycles. The Morgan fingerprint density at radius 1 is 1.42 bits per heavy atom. The van der Waals surface area contributed by atoms with Crippen LogP contribution in [0, 0.1) is 17.8 Å². The quantitative estimate of drug-likeness (QED) is 0.828. The van der Waals surface area contributed by atoms with Gasteiger partial charge in [-0.2, -0.15) is 5.10 Å². The number of H-pyrrole nitrogens is 1. The first-order chi connectivity index (χ1) is 11.6. The van der Waals surface area contributed by atoms with Gasteiger partial charge in [0.05, 0.1) is 17.6 Å². The number of rotatable bonds is 5. The monoisotopic (exact) mass is 316 g/mol. The molecule has 0 radical (unpaired) electrons. The number of nitrogens with one attached hydrogen (secondary N) is 1. The van der Waals surface area contributed by atoms with Crippen LogP contribution in [0.2, 0.25) is 0 Å². The Hall–Kier alpha value is -2.86. The number of carbonyl (C=O) groups is 1. The van der Waals surface area contributed by atoms with E-state index in [1.807, 2.05) is 31.2 Å². The van der Waals surface area contributed by atoms with E-state index in [0.29, 0.717) is 19.3 Å². The summed E-state index contributed by atoms with van der Waals surface area (Å²) in [6.45, 7) is 6.16. The van der Waals surface area contributed by atoms with Gasteiger partial charge in [-0.3, -0.25) is 9.89 Å². The number of aromatic nitrogens is 2. The van der Waals surface area contributed by atoms with Gasteiger partial charge in [0.1, 0.15) is 0 Å². The molecule has 2 aromatic rings. The van der Waals surface area contributed by atoms with Gasteiger partial charge in [0.15, 0.2) is 5.78 Å². The molecule has 1 aliphatic rings. The lowest BCUT2D eigenvalue weighted by molar-refractivity contribution is -0.120. The number of fused-ring (bicyclic) bond motifs is 1. The molecule has 0 spiro atoms. The van der Waals surface area contributed by atoms with Crippen molar-refractivity contribution in [1.82, 2.24) is 10.2 Å². The average Bonchev–Trinajstić information content (AvgIpc) is 3.03. The first kappa shape index (κ1) is 16.0. The van der Waals surface area contributed by atoms with Gasteiger partial charge in [0.25, 0.3) is 0 Å². The zero-order valence-corrected chi connectivity index (χ0v) is 13.8. The highest BCUT2D eigenvalue weighted by Gasteiger charge is 2.14. The van der Waals surface area contributed by atoms with E-state index < -0.39 is 0 Å². The summed E-state index contributed by atoms with van der Waals surface area (Å²) in [5.41, 5.74) is 4.17. The van der Waals surface area contributed by atoms with Crippen LogP contribution < -0.4 is 0 Å². The highest BCUT2D eigenvalue weighted by molar-refractivity contribution is 5.88. The van der Waals surface area contributed by atoms with Gasteiger partial charge in [-0.1, -0.05) is 48.3 Å². The maximum atomic E-state index is 12.4. The Bertz CT molecular complexity index is 903. The molecule has 1 unspecified atom stereocenters. The van der Waals surface area contributed by atoms with Crippen molar-refractivity contribution in [2.75, 3.05) is 0 Å². The third kappa shape index (κ3) is 3.72. The number of allylic oxidation sites excluding steroid dienone is 5. The zero-order valence-electron chi connectivity index (χ0n) is 13.8. The third-order valence-electron chi connectivity index (χ3n) is 4.20. The van der Waals surface area contributed by atoms with Gasteiger partial charge in [-0.25, -0.2) is 0 Å². The maximum Gasteiger partial charge on any atom is 0.152 e. The molecule has 3 heteroatoms. The van der Waals surface area contributed by atoms with E-state index in [4.69, 9.17) is 0 Å². The van der Waals surface area contributed by atoms with E-state index >= 15 is 0 Å². The largest absolute Gasteiger partial charge is 0.298 e. The zero-order chi connectivity index (χ0) is 16.9. The van der Waals surface area contributed by atoms with Crippen molar-refractivity contribution in [2.24, 2.45) is 5.92 Å². The molecule has 0 bridgehead atoms. The molecule has 1 aliphatic carbocycles. The van der Waals surface area contributed by atoms with E-state index in [9.17, 15) is 4.79 Å². The fourth-order valence-electron chi connectivity index (χ4n) is 2.67. The van der Waals surface area contributed by atoms with Crippen molar-refractivity contribution in [2.45, 2.75) is 26.2 Å². The van der Waals surface area contributed by atoms with Crippen LogP contribution in [-0.4, -0.2) is 16.0 Å². The number of benzene rings is 1. The van der Waals surface area contributed by atoms with Gasteiger partial charge in [0, 0.05) is 18.2 Å². The predicted octanol–water partition coefficient (Wildman–Crippen LogP) is 4.45. The number of hydrogen-bond donors (Lipinski definition) is 1. The van der Waals surface area contributed by atoms with Gasteiger partial charge < -0.3 is 0 Å². The van der Waals surface area contributed by atoms with Crippen LogP contribution in [-0.2, 0) is 4.79 Å². The SMILES string of the molecule is C=C(CCC(=O)C1C#CC/C=C(/C)C=C1)c1ccc2[nH]ncc2c1. The minimum atomic E-state index is -0.308. The molecule has 1 atom stereocenters. The maximum absolute atomic E-state index is 12.4. The summed E-state index contributed by atoms with van der Waals surface area (Å²) in [7, 11) is 0. The summed E-state index contributed by atoms with van der Waals surface area (Å²) in [6, 6.07) is 6.05. The number of nitrogens with zero attached hydrogens (tertiary/aromatic N) is 1. The Morgan fingerprint density at radius 3 is 3.17 bits per heavy atom. The predicted molar refractivity (Wildman–Crippen MR) is 98.1 cm³/mol. The highest BCUT2D eigenvalue weighted by Crippen LogP contribution is 2.23. The second-order valence-electron chi connectivity index (χ2n) is 6.05. The molecule has 3 nitrogen and oxygen atoms in total. The molecule has 0 aliphatic heterocycles. The van der Waals surface area contributed by atoms with E-state index in [1.165, 1.54) is 0 Å². The fraction of sp³-hybridized carbons (Fsp3) is 0.238. The summed E-state index contributed by atoms with van der Waals surface area (Å²) in [4.78, 5) is 12.4. The van der Waals surface area contributed by atoms with Crippen molar-refractivity contribution in [1.29, 1.82) is 0 Å². The number of carbonyl (C=O) groups excluding carboxylic acids is 1. The van der Waals surface area contributed by atoms with Crippen molar-refractivity contribution >= 4 is 22.3 Å². The summed E-state index contributed by atoms with van der Waals surface area (Å²) in [6.07, 6.45) is 9.55. The van der Waals surface area contributed by atoms with Crippen LogP contribution >= 0.6 is 0 Å². The second kappa shape index (κ2) is 7.14. The molecular weight excluding hydrogens is 296 g/mol. The summed E-state index contributed by atoms with van der Waals surface area (Å²) in [5, 5.41) is 8.01. The normalized spacial score (nSPS) is 18.9. The number of ketones is 1. The standard InChI is InChI=1S/C21H20N2O/c1-15-5-3-4-6-17(9-7-15)21(24)12-8-16(2)18-10-11-20-19(13-18)14-22-23-20/h5,7,9-11,13-14,17H,2-3,8,12H2,1H3,(H,22,23)/b9-7?,15-5-. The van der Waals surface area contributed by atoms with E-state index in [0.717, 1.165) is 27.6 Å². The van der Waals surface area contributed by atoms with Crippen LogP contribution in [0.25, 0.3) is 16.5 Å². The molecule has 0 saturated heterocycles. The molecular formula is C21H20N2O. The molecule has 0 amide bonds.